The standard InChI is InChI=1S/C14H13BrN4O3S/c1-22-12-6-5-10(8-11(12)15)23(20,21)16-9-14-18-17-13-4-2-3-7-19(13)14/h2-8,16H,9H2,1H3. The second kappa shape index (κ2) is 6.26. The number of halogens is 1. The number of hydrogen-bond donors (Lipinski definition) is 1. The second-order valence-corrected chi connectivity index (χ2v) is 7.29. The van der Waals surface area contributed by atoms with Crippen LogP contribution in [0.5, 0.6) is 5.75 Å². The van der Waals surface area contributed by atoms with Crippen LogP contribution in [0.1, 0.15) is 5.82 Å². The highest BCUT2D eigenvalue weighted by molar-refractivity contribution is 9.10. The highest BCUT2D eigenvalue weighted by Gasteiger charge is 2.17. The van der Waals surface area contributed by atoms with Gasteiger partial charge in [-0.25, -0.2) is 13.1 Å². The molecule has 7 nitrogen and oxygen atoms in total. The van der Waals surface area contributed by atoms with Crippen molar-refractivity contribution in [1.82, 2.24) is 19.3 Å². The largest absolute Gasteiger partial charge is 0.496 e. The van der Waals surface area contributed by atoms with Crippen LogP contribution in [0, 0.1) is 0 Å². The number of methoxy groups -OCH3 is 1. The molecule has 0 radical (unpaired) electrons. The van der Waals surface area contributed by atoms with Crippen LogP contribution in [0.3, 0.4) is 0 Å². The number of fused-ring (bicyclic) bond motifs is 1. The second-order valence-electron chi connectivity index (χ2n) is 4.67. The quantitative estimate of drug-likeness (QED) is 0.712. The van der Waals surface area contributed by atoms with Crippen molar-refractivity contribution in [3.05, 3.63) is 52.9 Å². The summed E-state index contributed by atoms with van der Waals surface area (Å²) in [7, 11) is -2.15. The predicted molar refractivity (Wildman–Crippen MR) is 87.7 cm³/mol. The van der Waals surface area contributed by atoms with E-state index in [0.717, 1.165) is 0 Å². The lowest BCUT2D eigenvalue weighted by Gasteiger charge is -2.08. The molecule has 0 saturated heterocycles. The highest BCUT2D eigenvalue weighted by Crippen LogP contribution is 2.27. The number of hydrogen-bond acceptors (Lipinski definition) is 5. The first-order chi connectivity index (χ1) is 11.0. The van der Waals surface area contributed by atoms with Gasteiger partial charge in [0.05, 0.1) is 23.0 Å². The van der Waals surface area contributed by atoms with E-state index in [1.165, 1.54) is 19.2 Å². The lowest BCUT2D eigenvalue weighted by Crippen LogP contribution is -2.24. The Balaban J connectivity index is 1.83. The first kappa shape index (κ1) is 15.9. The van der Waals surface area contributed by atoms with E-state index in [1.54, 1.807) is 22.7 Å². The van der Waals surface area contributed by atoms with Gasteiger partial charge in [-0.05, 0) is 46.3 Å². The molecule has 0 saturated carbocycles. The molecule has 0 aliphatic heterocycles. The maximum absolute atomic E-state index is 12.4. The van der Waals surface area contributed by atoms with Gasteiger partial charge in [0.2, 0.25) is 10.0 Å². The Morgan fingerprint density at radius 2 is 2.09 bits per heavy atom. The van der Waals surface area contributed by atoms with Gasteiger partial charge in [-0.15, -0.1) is 10.2 Å². The Kier molecular flexibility index (Phi) is 4.33. The number of benzene rings is 1. The third-order valence-electron chi connectivity index (χ3n) is 3.24. The van der Waals surface area contributed by atoms with Crippen molar-refractivity contribution in [2.75, 3.05) is 7.11 Å². The molecule has 1 aromatic carbocycles. The van der Waals surface area contributed by atoms with Gasteiger partial charge < -0.3 is 4.74 Å². The molecule has 0 amide bonds. The van der Waals surface area contributed by atoms with E-state index in [1.807, 2.05) is 12.1 Å². The molecule has 2 heterocycles. The Morgan fingerprint density at radius 1 is 1.26 bits per heavy atom. The molecule has 3 aromatic rings. The zero-order chi connectivity index (χ0) is 16.4. The number of rotatable bonds is 5. The maximum Gasteiger partial charge on any atom is 0.241 e. The van der Waals surface area contributed by atoms with Gasteiger partial charge in [-0.2, -0.15) is 0 Å². The number of ether oxygens (including phenoxy) is 1. The molecule has 9 heteroatoms. The van der Waals surface area contributed by atoms with Gasteiger partial charge in [0, 0.05) is 6.20 Å². The van der Waals surface area contributed by atoms with Crippen molar-refractivity contribution >= 4 is 31.6 Å². The molecule has 0 aliphatic carbocycles. The molecule has 2 aromatic heterocycles. The minimum absolute atomic E-state index is 0.0389. The molecule has 1 N–H and O–H groups in total. The molecule has 0 spiro atoms. The Bertz CT molecular complexity index is 956. The Labute approximate surface area is 141 Å². The van der Waals surface area contributed by atoms with Crippen LogP contribution in [0.4, 0.5) is 0 Å². The van der Waals surface area contributed by atoms with E-state index in [9.17, 15) is 8.42 Å². The first-order valence-corrected chi connectivity index (χ1v) is 8.91. The van der Waals surface area contributed by atoms with E-state index in [2.05, 4.69) is 30.8 Å². The van der Waals surface area contributed by atoms with Gasteiger partial charge in [0.1, 0.15) is 5.75 Å². The molecule has 3 rings (SSSR count). The SMILES string of the molecule is COc1ccc(S(=O)(=O)NCc2nnc3ccccn23)cc1Br. The lowest BCUT2D eigenvalue weighted by atomic mass is 10.3. The van der Waals surface area contributed by atoms with Crippen molar-refractivity contribution in [2.24, 2.45) is 0 Å². The molecule has 0 aliphatic rings. The topological polar surface area (TPSA) is 85.6 Å². The van der Waals surface area contributed by atoms with Crippen LogP contribution in [0.2, 0.25) is 0 Å². The molecule has 120 valence electrons. The summed E-state index contributed by atoms with van der Waals surface area (Å²) in [6.45, 7) is 0.0389. The van der Waals surface area contributed by atoms with Crippen molar-refractivity contribution in [2.45, 2.75) is 11.4 Å². The van der Waals surface area contributed by atoms with Crippen molar-refractivity contribution in [3.8, 4) is 5.75 Å². The summed E-state index contributed by atoms with van der Waals surface area (Å²) in [5, 5.41) is 7.98. The number of nitrogens with zero attached hydrogens (tertiary/aromatic N) is 3. The minimum atomic E-state index is -3.67. The van der Waals surface area contributed by atoms with Crippen molar-refractivity contribution in [3.63, 3.8) is 0 Å². The molecule has 0 fully saturated rings. The third kappa shape index (κ3) is 3.21. The van der Waals surface area contributed by atoms with Crippen LogP contribution in [-0.2, 0) is 16.6 Å². The summed E-state index contributed by atoms with van der Waals surface area (Å²) < 4.78 is 34.7. The fourth-order valence-corrected chi connectivity index (χ4v) is 3.77. The monoisotopic (exact) mass is 396 g/mol. The summed E-state index contributed by atoms with van der Waals surface area (Å²) >= 11 is 3.28. The van der Waals surface area contributed by atoms with Gasteiger partial charge in [-0.1, -0.05) is 6.07 Å². The summed E-state index contributed by atoms with van der Waals surface area (Å²) in [5.41, 5.74) is 0.661. The maximum atomic E-state index is 12.4. The summed E-state index contributed by atoms with van der Waals surface area (Å²) in [6.07, 6.45) is 1.78. The van der Waals surface area contributed by atoms with Gasteiger partial charge in [0.25, 0.3) is 0 Å². The van der Waals surface area contributed by atoms with E-state index in [4.69, 9.17) is 4.74 Å². The number of aromatic nitrogens is 3. The summed E-state index contributed by atoms with van der Waals surface area (Å²) in [4.78, 5) is 0.138. The fourth-order valence-electron chi connectivity index (χ4n) is 2.07. The van der Waals surface area contributed by atoms with Crippen molar-refractivity contribution in [1.29, 1.82) is 0 Å². The zero-order valence-corrected chi connectivity index (χ0v) is 14.5. The van der Waals surface area contributed by atoms with Crippen LogP contribution >= 0.6 is 15.9 Å². The molecule has 0 atom stereocenters. The summed E-state index contributed by atoms with van der Waals surface area (Å²) in [6, 6.07) is 10.0. The lowest BCUT2D eigenvalue weighted by molar-refractivity contribution is 0.411. The highest BCUT2D eigenvalue weighted by atomic mass is 79.9. The van der Waals surface area contributed by atoms with Gasteiger partial charge in [0.15, 0.2) is 11.5 Å². The molecule has 23 heavy (non-hydrogen) atoms. The van der Waals surface area contributed by atoms with Gasteiger partial charge >= 0.3 is 0 Å². The first-order valence-electron chi connectivity index (χ1n) is 6.63. The average Bonchev–Trinajstić information content (AvgIpc) is 2.96. The van der Waals surface area contributed by atoms with Crippen molar-refractivity contribution < 1.29 is 13.2 Å². The van der Waals surface area contributed by atoms with E-state index >= 15 is 0 Å². The molecule has 0 unspecified atom stereocenters. The smallest absolute Gasteiger partial charge is 0.241 e. The van der Waals surface area contributed by atoms with E-state index < -0.39 is 10.0 Å². The van der Waals surface area contributed by atoms with E-state index in [-0.39, 0.29) is 11.4 Å². The number of pyridine rings is 1. The van der Waals surface area contributed by atoms with Crippen LogP contribution < -0.4 is 9.46 Å². The minimum Gasteiger partial charge on any atom is -0.496 e. The number of sulfonamides is 1. The predicted octanol–water partition coefficient (Wildman–Crippen LogP) is 1.98. The van der Waals surface area contributed by atoms with E-state index in [0.29, 0.717) is 21.7 Å². The number of nitrogens with one attached hydrogen (secondary N) is 1. The molecule has 0 bridgehead atoms. The molecular formula is C14H13BrN4O3S. The third-order valence-corrected chi connectivity index (χ3v) is 5.26. The summed E-state index contributed by atoms with van der Waals surface area (Å²) in [5.74, 6) is 1.07. The van der Waals surface area contributed by atoms with Gasteiger partial charge in [-0.3, -0.25) is 4.40 Å². The average molecular weight is 397 g/mol. The molecular weight excluding hydrogens is 384 g/mol. The Morgan fingerprint density at radius 3 is 2.83 bits per heavy atom. The van der Waals surface area contributed by atoms with Crippen LogP contribution in [-0.4, -0.2) is 30.1 Å². The zero-order valence-electron chi connectivity index (χ0n) is 12.1. The Hall–Kier alpha value is -1.97. The normalized spacial score (nSPS) is 11.7. The fraction of sp³-hybridized carbons (Fsp3) is 0.143. The van der Waals surface area contributed by atoms with Crippen LogP contribution in [0.25, 0.3) is 5.65 Å². The van der Waals surface area contributed by atoms with Crippen LogP contribution in [0.15, 0.2) is 52.0 Å².